The molecule has 3 N–H and O–H groups in total. The molecule has 0 saturated heterocycles. The molecule has 4 nitrogen and oxygen atoms in total. The normalized spacial score (nSPS) is 10.4. The van der Waals surface area contributed by atoms with Gasteiger partial charge in [-0.15, -0.1) is 0 Å². The first-order chi connectivity index (χ1) is 6.66. The minimum atomic E-state index is 0.00531. The molecule has 0 bridgehead atoms. The number of hydrogen-bond acceptors (Lipinski definition) is 4. The molecule has 0 spiro atoms. The average Bonchev–Trinajstić information content (AvgIpc) is 2.57. The Morgan fingerprint density at radius 2 is 2.21 bits per heavy atom. The minimum Gasteiger partial charge on any atom is -0.506 e. The fourth-order valence-corrected chi connectivity index (χ4v) is 1.21. The minimum absolute atomic E-state index is 0.00531. The third-order valence-electron chi connectivity index (χ3n) is 1.76. The molecule has 0 amide bonds. The number of halogens is 1. The quantitative estimate of drug-likeness (QED) is 0.758. The van der Waals surface area contributed by atoms with E-state index in [1.165, 1.54) is 12.3 Å². The molecule has 0 aliphatic rings. The maximum Gasteiger partial charge on any atom is 0.292 e. The lowest BCUT2D eigenvalue weighted by atomic mass is 10.1. The van der Waals surface area contributed by atoms with Crippen LogP contribution in [0.3, 0.4) is 0 Å². The highest BCUT2D eigenvalue weighted by Gasteiger charge is 2.06. The van der Waals surface area contributed by atoms with Crippen LogP contribution < -0.4 is 5.73 Å². The van der Waals surface area contributed by atoms with Crippen molar-refractivity contribution in [3.05, 3.63) is 29.5 Å². The summed E-state index contributed by atoms with van der Waals surface area (Å²) in [7, 11) is 0. The number of benzene rings is 1. The van der Waals surface area contributed by atoms with Gasteiger partial charge in [0.05, 0.1) is 5.02 Å². The lowest BCUT2D eigenvalue weighted by Crippen LogP contribution is -1.83. The Morgan fingerprint density at radius 3 is 2.79 bits per heavy atom. The van der Waals surface area contributed by atoms with E-state index in [9.17, 15) is 5.11 Å². The van der Waals surface area contributed by atoms with E-state index in [-0.39, 0.29) is 11.8 Å². The number of phenols is 1. The molecule has 0 unspecified atom stereocenters. The fraction of sp³-hybridized carbons (Fsp3) is 0. The van der Waals surface area contributed by atoms with Gasteiger partial charge in [0.15, 0.2) is 0 Å². The second-order valence-corrected chi connectivity index (χ2v) is 3.14. The van der Waals surface area contributed by atoms with E-state index in [2.05, 4.69) is 4.98 Å². The van der Waals surface area contributed by atoms with Gasteiger partial charge in [-0.05, 0) is 12.1 Å². The summed E-state index contributed by atoms with van der Waals surface area (Å²) in [5, 5.41) is 9.64. The zero-order chi connectivity index (χ0) is 10.1. The molecule has 0 saturated carbocycles. The molecule has 1 aromatic heterocycles. The molecule has 5 heteroatoms. The van der Waals surface area contributed by atoms with E-state index >= 15 is 0 Å². The SMILES string of the molecule is Nc1nc(-c2ccc(Cl)c(O)c2)co1. The first-order valence-corrected chi connectivity index (χ1v) is 4.24. The first kappa shape index (κ1) is 8.90. The summed E-state index contributed by atoms with van der Waals surface area (Å²) in [4.78, 5) is 3.91. The fourth-order valence-electron chi connectivity index (χ4n) is 1.09. The number of aromatic hydroxyl groups is 1. The van der Waals surface area contributed by atoms with Crippen molar-refractivity contribution in [2.75, 3.05) is 5.73 Å². The van der Waals surface area contributed by atoms with Gasteiger partial charge >= 0.3 is 0 Å². The van der Waals surface area contributed by atoms with Crippen molar-refractivity contribution in [3.8, 4) is 17.0 Å². The molecule has 1 heterocycles. The highest BCUT2D eigenvalue weighted by Crippen LogP contribution is 2.29. The second-order valence-electron chi connectivity index (χ2n) is 2.74. The van der Waals surface area contributed by atoms with Crippen LogP contribution in [0.4, 0.5) is 6.01 Å². The van der Waals surface area contributed by atoms with Crippen molar-refractivity contribution in [1.82, 2.24) is 4.98 Å². The number of oxazole rings is 1. The van der Waals surface area contributed by atoms with E-state index < -0.39 is 0 Å². The van der Waals surface area contributed by atoms with Crippen LogP contribution in [0.25, 0.3) is 11.3 Å². The van der Waals surface area contributed by atoms with Crippen molar-refractivity contribution in [2.24, 2.45) is 0 Å². The Morgan fingerprint density at radius 1 is 1.43 bits per heavy atom. The van der Waals surface area contributed by atoms with Gasteiger partial charge in [0.2, 0.25) is 0 Å². The molecule has 1 aromatic carbocycles. The Hall–Kier alpha value is -1.68. The van der Waals surface area contributed by atoms with Crippen molar-refractivity contribution in [2.45, 2.75) is 0 Å². The van der Waals surface area contributed by atoms with Crippen LogP contribution in [0.1, 0.15) is 0 Å². The van der Waals surface area contributed by atoms with Crippen LogP contribution in [-0.2, 0) is 0 Å². The number of nitrogen functional groups attached to an aromatic ring is 1. The van der Waals surface area contributed by atoms with Gasteiger partial charge in [-0.2, -0.15) is 4.98 Å². The Labute approximate surface area is 84.9 Å². The van der Waals surface area contributed by atoms with E-state index in [1.54, 1.807) is 12.1 Å². The number of aromatic nitrogens is 1. The number of hydrogen-bond donors (Lipinski definition) is 2. The summed E-state index contributed by atoms with van der Waals surface area (Å²) in [6.45, 7) is 0. The van der Waals surface area contributed by atoms with Gasteiger partial charge in [0, 0.05) is 5.56 Å². The van der Waals surface area contributed by atoms with E-state index in [4.69, 9.17) is 21.8 Å². The summed E-state index contributed by atoms with van der Waals surface area (Å²) in [5.74, 6) is 0.00531. The molecular formula is C9H7ClN2O2. The van der Waals surface area contributed by atoms with Crippen molar-refractivity contribution in [1.29, 1.82) is 0 Å². The van der Waals surface area contributed by atoms with Crippen LogP contribution in [0, 0.1) is 0 Å². The van der Waals surface area contributed by atoms with Gasteiger partial charge in [-0.25, -0.2) is 0 Å². The average molecular weight is 211 g/mol. The van der Waals surface area contributed by atoms with E-state index in [0.29, 0.717) is 16.3 Å². The molecule has 0 atom stereocenters. The van der Waals surface area contributed by atoms with Gasteiger partial charge in [-0.1, -0.05) is 17.7 Å². The topological polar surface area (TPSA) is 72.3 Å². The third kappa shape index (κ3) is 1.52. The van der Waals surface area contributed by atoms with Crippen LogP contribution in [0.15, 0.2) is 28.9 Å². The maximum absolute atomic E-state index is 9.35. The summed E-state index contributed by atoms with van der Waals surface area (Å²) in [5.41, 5.74) is 6.58. The number of anilines is 1. The number of phenolic OH excluding ortho intramolecular Hbond substituents is 1. The van der Waals surface area contributed by atoms with E-state index in [0.717, 1.165) is 0 Å². The number of nitrogens with two attached hydrogens (primary N) is 1. The lowest BCUT2D eigenvalue weighted by Gasteiger charge is -1.98. The summed E-state index contributed by atoms with van der Waals surface area (Å²) in [6.07, 6.45) is 1.41. The van der Waals surface area contributed by atoms with E-state index in [1.807, 2.05) is 0 Å². The van der Waals surface area contributed by atoms with Crippen molar-refractivity contribution < 1.29 is 9.52 Å². The Kier molecular flexibility index (Phi) is 2.05. The Bertz CT molecular complexity index is 468. The third-order valence-corrected chi connectivity index (χ3v) is 2.08. The lowest BCUT2D eigenvalue weighted by molar-refractivity contribution is 0.476. The van der Waals surface area contributed by atoms with Crippen LogP contribution >= 0.6 is 11.6 Å². The van der Waals surface area contributed by atoms with Crippen LogP contribution in [0.2, 0.25) is 5.02 Å². The van der Waals surface area contributed by atoms with Crippen LogP contribution in [0.5, 0.6) is 5.75 Å². The second kappa shape index (κ2) is 3.23. The predicted octanol–water partition coefficient (Wildman–Crippen LogP) is 2.28. The van der Waals surface area contributed by atoms with Crippen molar-refractivity contribution in [3.63, 3.8) is 0 Å². The zero-order valence-corrected chi connectivity index (χ0v) is 7.82. The largest absolute Gasteiger partial charge is 0.506 e. The summed E-state index contributed by atoms with van der Waals surface area (Å²) >= 11 is 5.65. The molecule has 0 radical (unpaired) electrons. The monoisotopic (exact) mass is 210 g/mol. The van der Waals surface area contributed by atoms with Gasteiger partial charge in [-0.3, -0.25) is 0 Å². The van der Waals surface area contributed by atoms with Crippen LogP contribution in [-0.4, -0.2) is 10.1 Å². The molecule has 0 aliphatic carbocycles. The van der Waals surface area contributed by atoms with Gasteiger partial charge in [0.25, 0.3) is 6.01 Å². The molecule has 72 valence electrons. The molecule has 14 heavy (non-hydrogen) atoms. The smallest absolute Gasteiger partial charge is 0.292 e. The van der Waals surface area contributed by atoms with Gasteiger partial charge in [0.1, 0.15) is 17.7 Å². The summed E-state index contributed by atoms with van der Waals surface area (Å²) in [6, 6.07) is 4.89. The molecule has 0 fully saturated rings. The molecular weight excluding hydrogens is 204 g/mol. The van der Waals surface area contributed by atoms with Gasteiger partial charge < -0.3 is 15.3 Å². The predicted molar refractivity (Wildman–Crippen MR) is 53.0 cm³/mol. The maximum atomic E-state index is 9.35. The summed E-state index contributed by atoms with van der Waals surface area (Å²) < 4.78 is 4.84. The first-order valence-electron chi connectivity index (χ1n) is 3.87. The Balaban J connectivity index is 2.47. The number of nitrogens with zero attached hydrogens (tertiary/aromatic N) is 1. The molecule has 0 aliphatic heterocycles. The van der Waals surface area contributed by atoms with Crippen molar-refractivity contribution >= 4 is 17.6 Å². The molecule has 2 aromatic rings. The highest BCUT2D eigenvalue weighted by atomic mass is 35.5. The zero-order valence-electron chi connectivity index (χ0n) is 7.07. The molecule has 2 rings (SSSR count). The number of rotatable bonds is 1. The highest BCUT2D eigenvalue weighted by molar-refractivity contribution is 6.32. The standard InChI is InChI=1S/C9H7ClN2O2/c10-6-2-1-5(3-8(6)13)7-4-14-9(11)12-7/h1-4,13H,(H2,11,12).